The van der Waals surface area contributed by atoms with Crippen molar-refractivity contribution in [1.29, 1.82) is 0 Å². The van der Waals surface area contributed by atoms with Crippen molar-refractivity contribution in [3.8, 4) is 11.4 Å². The quantitative estimate of drug-likeness (QED) is 0.356. The summed E-state index contributed by atoms with van der Waals surface area (Å²) in [6, 6.07) is 15.5. The molecule has 0 saturated carbocycles. The molecule has 3 heterocycles. The Labute approximate surface area is 177 Å². The summed E-state index contributed by atoms with van der Waals surface area (Å²) in [5.74, 6) is 0.601. The molecule has 5 aromatic rings. The highest BCUT2D eigenvalue weighted by atomic mass is 32.1. The van der Waals surface area contributed by atoms with Crippen LogP contribution >= 0.6 is 11.3 Å². The van der Waals surface area contributed by atoms with E-state index >= 15 is 0 Å². The van der Waals surface area contributed by atoms with Crippen LogP contribution in [-0.4, -0.2) is 21.5 Å². The van der Waals surface area contributed by atoms with E-state index in [-0.39, 0.29) is 5.82 Å². The Morgan fingerprint density at radius 2 is 1.93 bits per heavy atom. The minimum atomic E-state index is -0.175. The number of benzene rings is 2. The zero-order valence-corrected chi connectivity index (χ0v) is 17.6. The largest absolute Gasteiger partial charge is 0.370 e. The highest BCUT2D eigenvalue weighted by Crippen LogP contribution is 2.34. The van der Waals surface area contributed by atoms with Gasteiger partial charge in [-0.25, -0.2) is 14.4 Å². The fourth-order valence-electron chi connectivity index (χ4n) is 3.93. The molecule has 0 bridgehead atoms. The minimum Gasteiger partial charge on any atom is -0.370 e. The average molecular weight is 417 g/mol. The van der Waals surface area contributed by atoms with Gasteiger partial charge in [0, 0.05) is 33.1 Å². The number of hydrogen-bond acceptors (Lipinski definition) is 4. The van der Waals surface area contributed by atoms with Gasteiger partial charge < -0.3 is 10.3 Å². The first-order valence-electron chi connectivity index (χ1n) is 9.90. The van der Waals surface area contributed by atoms with Crippen molar-refractivity contribution >= 4 is 38.1 Å². The number of thiophene rings is 1. The molecular weight excluding hydrogens is 395 g/mol. The monoisotopic (exact) mass is 416 g/mol. The van der Waals surface area contributed by atoms with Crippen molar-refractivity contribution in [3.05, 3.63) is 76.7 Å². The average Bonchev–Trinajstić information content (AvgIpc) is 3.30. The lowest BCUT2D eigenvalue weighted by Crippen LogP contribution is -2.07. The van der Waals surface area contributed by atoms with E-state index in [1.807, 2.05) is 25.1 Å². The Hall–Kier alpha value is -3.25. The van der Waals surface area contributed by atoms with Gasteiger partial charge in [0.05, 0.1) is 11.4 Å². The number of halogens is 1. The van der Waals surface area contributed by atoms with E-state index in [0.717, 1.165) is 45.5 Å². The highest BCUT2D eigenvalue weighted by Gasteiger charge is 2.12. The summed E-state index contributed by atoms with van der Waals surface area (Å²) >= 11 is 1.74. The van der Waals surface area contributed by atoms with Crippen molar-refractivity contribution in [2.45, 2.75) is 20.3 Å². The standard InChI is InChI=1S/C24H21FN4S/c1-14-9-17(25)11-19-18(15(2)30-24(14)19)7-8-26-23-12-21(27-13-28-23)22-10-16-5-3-4-6-20(16)29-22/h3-6,9-13,29H,7-8H2,1-2H3,(H,26,27,28). The van der Waals surface area contributed by atoms with Gasteiger partial charge >= 0.3 is 0 Å². The molecule has 0 unspecified atom stereocenters. The van der Waals surface area contributed by atoms with Crippen LogP contribution in [0.3, 0.4) is 0 Å². The number of H-pyrrole nitrogens is 1. The first kappa shape index (κ1) is 18.8. The van der Waals surface area contributed by atoms with Gasteiger partial charge in [0.25, 0.3) is 0 Å². The van der Waals surface area contributed by atoms with Gasteiger partial charge in [0.2, 0.25) is 0 Å². The Kier molecular flexibility index (Phi) is 4.71. The maximum absolute atomic E-state index is 13.9. The molecule has 0 aliphatic heterocycles. The van der Waals surface area contributed by atoms with Crippen LogP contribution in [0, 0.1) is 19.7 Å². The first-order valence-corrected chi connectivity index (χ1v) is 10.7. The molecule has 0 atom stereocenters. The molecule has 6 heteroatoms. The summed E-state index contributed by atoms with van der Waals surface area (Å²) < 4.78 is 15.1. The summed E-state index contributed by atoms with van der Waals surface area (Å²) in [6.07, 6.45) is 2.38. The lowest BCUT2D eigenvalue weighted by atomic mass is 10.1. The zero-order chi connectivity index (χ0) is 20.7. The van der Waals surface area contributed by atoms with E-state index in [1.165, 1.54) is 15.1 Å². The van der Waals surface area contributed by atoms with Gasteiger partial charge in [-0.2, -0.15) is 0 Å². The summed E-state index contributed by atoms with van der Waals surface area (Å²) in [5, 5.41) is 5.58. The maximum atomic E-state index is 13.9. The van der Waals surface area contributed by atoms with Crippen LogP contribution in [0.2, 0.25) is 0 Å². The Bertz CT molecular complexity index is 1340. The topological polar surface area (TPSA) is 53.6 Å². The number of aromatic nitrogens is 3. The molecular formula is C24H21FN4S. The number of para-hydroxylation sites is 1. The third-order valence-electron chi connectivity index (χ3n) is 5.40. The lowest BCUT2D eigenvalue weighted by molar-refractivity contribution is 0.628. The van der Waals surface area contributed by atoms with E-state index < -0.39 is 0 Å². The van der Waals surface area contributed by atoms with Gasteiger partial charge in [-0.15, -0.1) is 11.3 Å². The molecule has 3 aromatic heterocycles. The molecule has 0 aliphatic rings. The second-order valence-corrected chi connectivity index (χ2v) is 8.70. The van der Waals surface area contributed by atoms with E-state index in [2.05, 4.69) is 45.4 Å². The van der Waals surface area contributed by atoms with Crippen molar-refractivity contribution < 1.29 is 4.39 Å². The number of hydrogen-bond donors (Lipinski definition) is 2. The number of anilines is 1. The predicted octanol–water partition coefficient (Wildman–Crippen LogP) is 6.25. The van der Waals surface area contributed by atoms with E-state index in [4.69, 9.17) is 0 Å². The minimum absolute atomic E-state index is 0.175. The highest BCUT2D eigenvalue weighted by molar-refractivity contribution is 7.19. The smallest absolute Gasteiger partial charge is 0.130 e. The Balaban J connectivity index is 1.35. The molecule has 150 valence electrons. The SMILES string of the molecule is Cc1sc2c(C)cc(F)cc2c1CCNc1cc(-c2cc3ccccc3[nH]2)ncn1. The predicted molar refractivity (Wildman–Crippen MR) is 123 cm³/mol. The van der Waals surface area contributed by atoms with Crippen molar-refractivity contribution in [2.24, 2.45) is 0 Å². The molecule has 0 radical (unpaired) electrons. The molecule has 0 aliphatic carbocycles. The van der Waals surface area contributed by atoms with Crippen molar-refractivity contribution in [2.75, 3.05) is 11.9 Å². The summed E-state index contributed by atoms with van der Waals surface area (Å²) in [6.45, 7) is 4.79. The molecule has 2 N–H and O–H groups in total. The van der Waals surface area contributed by atoms with Crippen LogP contribution in [0.1, 0.15) is 16.0 Å². The van der Waals surface area contributed by atoms with Gasteiger partial charge in [0.15, 0.2) is 0 Å². The van der Waals surface area contributed by atoms with Crippen LogP contribution in [-0.2, 0) is 6.42 Å². The fraction of sp³-hybridized carbons (Fsp3) is 0.167. The van der Waals surface area contributed by atoms with E-state index in [1.54, 1.807) is 29.8 Å². The Morgan fingerprint density at radius 1 is 1.07 bits per heavy atom. The van der Waals surface area contributed by atoms with Crippen LogP contribution in [0.4, 0.5) is 10.2 Å². The Morgan fingerprint density at radius 3 is 2.80 bits per heavy atom. The number of aryl methyl sites for hydroxylation is 2. The molecule has 4 nitrogen and oxygen atoms in total. The number of fused-ring (bicyclic) bond motifs is 2. The third kappa shape index (κ3) is 3.44. The number of rotatable bonds is 5. The van der Waals surface area contributed by atoms with Crippen LogP contribution in [0.15, 0.2) is 54.9 Å². The number of nitrogens with zero attached hydrogens (tertiary/aromatic N) is 2. The lowest BCUT2D eigenvalue weighted by Gasteiger charge is -2.07. The molecule has 0 fully saturated rings. The summed E-state index contributed by atoms with van der Waals surface area (Å²) in [7, 11) is 0. The summed E-state index contributed by atoms with van der Waals surface area (Å²) in [4.78, 5) is 13.4. The van der Waals surface area contributed by atoms with Crippen molar-refractivity contribution in [3.63, 3.8) is 0 Å². The fourth-order valence-corrected chi connectivity index (χ4v) is 5.09. The number of nitrogens with one attached hydrogen (secondary N) is 2. The molecule has 0 saturated heterocycles. The van der Waals surface area contributed by atoms with Crippen molar-refractivity contribution in [1.82, 2.24) is 15.0 Å². The molecule has 0 amide bonds. The third-order valence-corrected chi connectivity index (χ3v) is 6.70. The molecule has 5 rings (SSSR count). The van der Waals surface area contributed by atoms with Crippen LogP contribution < -0.4 is 5.32 Å². The number of aromatic amines is 1. The van der Waals surface area contributed by atoms with Gasteiger partial charge in [0.1, 0.15) is 18.0 Å². The zero-order valence-electron chi connectivity index (χ0n) is 16.8. The normalized spacial score (nSPS) is 11.4. The summed E-state index contributed by atoms with van der Waals surface area (Å²) in [5.41, 5.74) is 5.10. The molecule has 0 spiro atoms. The second kappa shape index (κ2) is 7.54. The maximum Gasteiger partial charge on any atom is 0.130 e. The molecule has 2 aromatic carbocycles. The van der Waals surface area contributed by atoms with Crippen LogP contribution in [0.25, 0.3) is 32.4 Å². The second-order valence-electron chi connectivity index (χ2n) is 7.47. The van der Waals surface area contributed by atoms with Gasteiger partial charge in [-0.3, -0.25) is 0 Å². The van der Waals surface area contributed by atoms with Crippen LogP contribution in [0.5, 0.6) is 0 Å². The molecule has 30 heavy (non-hydrogen) atoms. The first-order chi connectivity index (χ1) is 14.6. The van der Waals surface area contributed by atoms with E-state index in [0.29, 0.717) is 6.54 Å². The van der Waals surface area contributed by atoms with E-state index in [9.17, 15) is 4.39 Å². The van der Waals surface area contributed by atoms with Gasteiger partial charge in [-0.1, -0.05) is 18.2 Å². The van der Waals surface area contributed by atoms with Gasteiger partial charge in [-0.05, 0) is 61.0 Å².